The number of aromatic nitrogens is 1. The highest BCUT2D eigenvalue weighted by atomic mass is 19.1. The van der Waals surface area contributed by atoms with Gasteiger partial charge in [-0.1, -0.05) is 0 Å². The number of aliphatic hydroxyl groups excluding tert-OH is 3. The summed E-state index contributed by atoms with van der Waals surface area (Å²) in [5.74, 6) is -0.685. The molecule has 5 N–H and O–H groups in total. The monoisotopic (exact) mass is 216 g/mol. The molecule has 1 aromatic heterocycles. The van der Waals surface area contributed by atoms with Crippen LogP contribution in [0.2, 0.25) is 0 Å². The van der Waals surface area contributed by atoms with Gasteiger partial charge in [-0.05, 0) is 12.5 Å². The third kappa shape index (κ3) is 2.85. The predicted molar refractivity (Wildman–Crippen MR) is 51.3 cm³/mol. The van der Waals surface area contributed by atoms with Crippen molar-refractivity contribution >= 4 is 5.82 Å². The molecule has 6 heteroatoms. The number of nitrogen functional groups attached to an aromatic ring is 1. The summed E-state index contributed by atoms with van der Waals surface area (Å²) in [6, 6.07) is 1.01. The molecule has 0 aliphatic carbocycles. The van der Waals surface area contributed by atoms with Gasteiger partial charge in [0.2, 0.25) is 0 Å². The van der Waals surface area contributed by atoms with Crippen LogP contribution >= 0.6 is 0 Å². The van der Waals surface area contributed by atoms with Gasteiger partial charge in [0.25, 0.3) is 0 Å². The molecule has 0 aliphatic heterocycles. The average Bonchev–Trinajstić information content (AvgIpc) is 2.21. The fraction of sp³-hybridized carbons (Fsp3) is 0.444. The van der Waals surface area contributed by atoms with E-state index in [2.05, 4.69) is 4.98 Å². The summed E-state index contributed by atoms with van der Waals surface area (Å²) >= 11 is 0. The van der Waals surface area contributed by atoms with Crippen molar-refractivity contribution in [3.63, 3.8) is 0 Å². The Balaban J connectivity index is 2.89. The van der Waals surface area contributed by atoms with Crippen molar-refractivity contribution in [2.24, 2.45) is 0 Å². The minimum Gasteiger partial charge on any atom is -0.396 e. The minimum atomic E-state index is -1.35. The quantitative estimate of drug-likeness (QED) is 0.547. The summed E-state index contributed by atoms with van der Waals surface area (Å²) in [5, 5.41) is 27.5. The lowest BCUT2D eigenvalue weighted by Crippen LogP contribution is -2.21. The van der Waals surface area contributed by atoms with Crippen LogP contribution in [-0.4, -0.2) is 33.0 Å². The van der Waals surface area contributed by atoms with Crippen LogP contribution in [0.25, 0.3) is 0 Å². The van der Waals surface area contributed by atoms with E-state index in [4.69, 9.17) is 10.8 Å². The number of pyridine rings is 1. The SMILES string of the molecule is Nc1ncc(F)cc1C(O)C(O)CCO. The minimum absolute atomic E-state index is 0.0167. The second-order valence-electron chi connectivity index (χ2n) is 3.15. The first-order valence-electron chi connectivity index (χ1n) is 4.44. The maximum absolute atomic E-state index is 12.8. The van der Waals surface area contributed by atoms with Gasteiger partial charge in [-0.15, -0.1) is 0 Å². The van der Waals surface area contributed by atoms with Crippen molar-refractivity contribution in [1.82, 2.24) is 4.98 Å². The standard InChI is InChI=1S/C9H13FN2O3/c10-5-3-6(9(11)12-4-5)8(15)7(14)1-2-13/h3-4,7-8,13-15H,1-2H2,(H2,11,12). The number of nitrogens with zero attached hydrogens (tertiary/aromatic N) is 1. The van der Waals surface area contributed by atoms with Crippen molar-refractivity contribution in [3.05, 3.63) is 23.6 Å². The van der Waals surface area contributed by atoms with Crippen LogP contribution in [0.15, 0.2) is 12.3 Å². The Morgan fingerprint density at radius 3 is 2.73 bits per heavy atom. The maximum atomic E-state index is 12.8. The molecular weight excluding hydrogens is 203 g/mol. The van der Waals surface area contributed by atoms with Crippen molar-refractivity contribution in [3.8, 4) is 0 Å². The van der Waals surface area contributed by atoms with E-state index in [-0.39, 0.29) is 24.4 Å². The summed E-state index contributed by atoms with van der Waals surface area (Å²) in [6.45, 7) is -0.277. The van der Waals surface area contributed by atoms with Gasteiger partial charge in [-0.25, -0.2) is 9.37 Å². The highest BCUT2D eigenvalue weighted by Gasteiger charge is 2.21. The van der Waals surface area contributed by atoms with Gasteiger partial charge in [0.05, 0.1) is 12.3 Å². The van der Waals surface area contributed by atoms with E-state index in [0.29, 0.717) is 0 Å². The Morgan fingerprint density at radius 2 is 2.13 bits per heavy atom. The van der Waals surface area contributed by atoms with E-state index in [0.717, 1.165) is 12.3 Å². The number of rotatable bonds is 4. The summed E-state index contributed by atoms with van der Waals surface area (Å²) in [7, 11) is 0. The maximum Gasteiger partial charge on any atom is 0.142 e. The Bertz CT molecular complexity index is 335. The van der Waals surface area contributed by atoms with Gasteiger partial charge in [0.15, 0.2) is 0 Å². The van der Waals surface area contributed by atoms with Gasteiger partial charge in [0, 0.05) is 12.2 Å². The number of halogens is 1. The Hall–Kier alpha value is -1.24. The normalized spacial score (nSPS) is 14.9. The topological polar surface area (TPSA) is 99.6 Å². The van der Waals surface area contributed by atoms with Crippen LogP contribution in [0.1, 0.15) is 18.1 Å². The number of hydrogen-bond donors (Lipinski definition) is 4. The zero-order valence-electron chi connectivity index (χ0n) is 7.97. The van der Waals surface area contributed by atoms with Gasteiger partial charge in [0.1, 0.15) is 17.7 Å². The van der Waals surface area contributed by atoms with Gasteiger partial charge in [-0.2, -0.15) is 0 Å². The van der Waals surface area contributed by atoms with Crippen molar-refractivity contribution in [2.75, 3.05) is 12.3 Å². The first-order valence-corrected chi connectivity index (χ1v) is 4.44. The second kappa shape index (κ2) is 5.01. The molecule has 15 heavy (non-hydrogen) atoms. The van der Waals surface area contributed by atoms with Gasteiger partial charge >= 0.3 is 0 Å². The molecule has 2 unspecified atom stereocenters. The molecule has 0 fully saturated rings. The molecule has 2 atom stereocenters. The lowest BCUT2D eigenvalue weighted by molar-refractivity contribution is 0.00432. The number of anilines is 1. The van der Waals surface area contributed by atoms with Crippen LogP contribution in [0.4, 0.5) is 10.2 Å². The first-order chi connectivity index (χ1) is 7.06. The molecule has 0 radical (unpaired) electrons. The van der Waals surface area contributed by atoms with Crippen molar-refractivity contribution < 1.29 is 19.7 Å². The van der Waals surface area contributed by atoms with Crippen LogP contribution in [0.5, 0.6) is 0 Å². The number of nitrogens with two attached hydrogens (primary N) is 1. The van der Waals surface area contributed by atoms with E-state index < -0.39 is 18.0 Å². The molecular formula is C9H13FN2O3. The summed E-state index contributed by atoms with van der Waals surface area (Å²) in [4.78, 5) is 3.51. The zero-order chi connectivity index (χ0) is 11.4. The molecule has 1 aromatic rings. The molecule has 0 aliphatic rings. The average molecular weight is 216 g/mol. The highest BCUT2D eigenvalue weighted by Crippen LogP contribution is 2.23. The Kier molecular flexibility index (Phi) is 3.96. The smallest absolute Gasteiger partial charge is 0.142 e. The van der Waals surface area contributed by atoms with Crippen LogP contribution in [-0.2, 0) is 0 Å². The molecule has 0 saturated heterocycles. The fourth-order valence-corrected chi connectivity index (χ4v) is 1.20. The molecule has 0 saturated carbocycles. The molecule has 0 amide bonds. The van der Waals surface area contributed by atoms with E-state index in [9.17, 15) is 14.6 Å². The van der Waals surface area contributed by atoms with Gasteiger partial charge in [-0.3, -0.25) is 0 Å². The Morgan fingerprint density at radius 1 is 1.47 bits per heavy atom. The van der Waals surface area contributed by atoms with Crippen LogP contribution < -0.4 is 5.73 Å². The molecule has 0 aromatic carbocycles. The summed E-state index contributed by atoms with van der Waals surface area (Å²) in [6.07, 6.45) is -1.64. The molecule has 84 valence electrons. The number of aliphatic hydroxyl groups is 3. The van der Waals surface area contributed by atoms with Crippen LogP contribution in [0.3, 0.4) is 0 Å². The lowest BCUT2D eigenvalue weighted by atomic mass is 10.0. The predicted octanol–water partition coefficient (Wildman–Crippen LogP) is -0.420. The van der Waals surface area contributed by atoms with Crippen molar-refractivity contribution in [1.29, 1.82) is 0 Å². The van der Waals surface area contributed by atoms with E-state index >= 15 is 0 Å². The Labute approximate surface area is 86.0 Å². The molecule has 0 spiro atoms. The van der Waals surface area contributed by atoms with E-state index in [1.165, 1.54) is 0 Å². The molecule has 1 heterocycles. The second-order valence-corrected chi connectivity index (χ2v) is 3.15. The fourth-order valence-electron chi connectivity index (χ4n) is 1.20. The van der Waals surface area contributed by atoms with Crippen molar-refractivity contribution in [2.45, 2.75) is 18.6 Å². The molecule has 0 bridgehead atoms. The highest BCUT2D eigenvalue weighted by molar-refractivity contribution is 5.40. The third-order valence-electron chi connectivity index (χ3n) is 2.02. The largest absolute Gasteiger partial charge is 0.396 e. The zero-order valence-corrected chi connectivity index (χ0v) is 7.97. The summed E-state index contributed by atoms with van der Waals surface area (Å²) in [5.41, 5.74) is 5.44. The van der Waals surface area contributed by atoms with E-state index in [1.807, 2.05) is 0 Å². The number of hydrogen-bond acceptors (Lipinski definition) is 5. The van der Waals surface area contributed by atoms with Gasteiger partial charge < -0.3 is 21.1 Å². The molecule has 5 nitrogen and oxygen atoms in total. The van der Waals surface area contributed by atoms with Crippen LogP contribution in [0, 0.1) is 5.82 Å². The van der Waals surface area contributed by atoms with E-state index in [1.54, 1.807) is 0 Å². The third-order valence-corrected chi connectivity index (χ3v) is 2.02. The summed E-state index contributed by atoms with van der Waals surface area (Å²) < 4.78 is 12.8. The first kappa shape index (κ1) is 11.8. The lowest BCUT2D eigenvalue weighted by Gasteiger charge is -2.18. The molecule has 1 rings (SSSR count).